The lowest BCUT2D eigenvalue weighted by atomic mass is 10.0. The average molecular weight is 336 g/mol. The van der Waals surface area contributed by atoms with Gasteiger partial charge in [-0.3, -0.25) is 4.79 Å². The lowest BCUT2D eigenvalue weighted by Crippen LogP contribution is -2.31. The van der Waals surface area contributed by atoms with Crippen molar-refractivity contribution in [3.05, 3.63) is 57.8 Å². The molecule has 3 rings (SSSR count). The van der Waals surface area contributed by atoms with Crippen LogP contribution in [0.1, 0.15) is 34.9 Å². The molecule has 1 fully saturated rings. The van der Waals surface area contributed by atoms with Crippen molar-refractivity contribution in [2.24, 2.45) is 0 Å². The van der Waals surface area contributed by atoms with Gasteiger partial charge in [-0.15, -0.1) is 0 Å². The molecule has 22 heavy (non-hydrogen) atoms. The van der Waals surface area contributed by atoms with E-state index in [0.29, 0.717) is 28.0 Å². The van der Waals surface area contributed by atoms with Gasteiger partial charge in [-0.25, -0.2) is 4.98 Å². The summed E-state index contributed by atoms with van der Waals surface area (Å²) < 4.78 is 0. The van der Waals surface area contributed by atoms with Gasteiger partial charge in [0.05, 0.1) is 28.0 Å². The van der Waals surface area contributed by atoms with E-state index in [2.05, 4.69) is 4.98 Å². The van der Waals surface area contributed by atoms with Gasteiger partial charge in [0.2, 0.25) is 0 Å². The van der Waals surface area contributed by atoms with E-state index in [1.165, 1.54) is 6.20 Å². The summed E-state index contributed by atoms with van der Waals surface area (Å²) in [7, 11) is 0. The number of nitrogens with zero attached hydrogens (tertiary/aromatic N) is 2. The first-order valence-electron chi connectivity index (χ1n) is 7.03. The third-order valence-corrected chi connectivity index (χ3v) is 4.59. The van der Waals surface area contributed by atoms with E-state index in [9.17, 15) is 4.79 Å². The maximum atomic E-state index is 12.7. The predicted molar refractivity (Wildman–Crippen MR) is 88.1 cm³/mol. The Morgan fingerprint density at radius 2 is 2.05 bits per heavy atom. The molecule has 0 bridgehead atoms. The average Bonchev–Trinajstić information content (AvgIpc) is 2.99. The van der Waals surface area contributed by atoms with Crippen molar-refractivity contribution in [1.29, 1.82) is 0 Å². The minimum atomic E-state index is -0.0893. The van der Waals surface area contributed by atoms with E-state index in [1.807, 2.05) is 17.0 Å². The Morgan fingerprint density at radius 1 is 1.23 bits per heavy atom. The maximum absolute atomic E-state index is 12.7. The topological polar surface area (TPSA) is 59.2 Å². The zero-order chi connectivity index (χ0) is 15.7. The Labute approximate surface area is 138 Å². The highest BCUT2D eigenvalue weighted by molar-refractivity contribution is 6.42. The zero-order valence-corrected chi connectivity index (χ0v) is 13.3. The van der Waals surface area contributed by atoms with Crippen LogP contribution >= 0.6 is 23.2 Å². The number of nitrogen functional groups attached to an aromatic ring is 1. The van der Waals surface area contributed by atoms with Gasteiger partial charge in [-0.05, 0) is 42.7 Å². The Bertz CT molecular complexity index is 703. The first kappa shape index (κ1) is 15.1. The molecule has 2 N–H and O–H groups in total. The van der Waals surface area contributed by atoms with Gasteiger partial charge in [0.15, 0.2) is 0 Å². The van der Waals surface area contributed by atoms with Gasteiger partial charge in [0.1, 0.15) is 5.69 Å². The molecule has 6 heteroatoms. The van der Waals surface area contributed by atoms with Gasteiger partial charge in [0, 0.05) is 6.54 Å². The highest BCUT2D eigenvalue weighted by atomic mass is 35.5. The van der Waals surface area contributed by atoms with Crippen molar-refractivity contribution in [2.45, 2.75) is 18.9 Å². The monoisotopic (exact) mass is 335 g/mol. The molecule has 1 saturated heterocycles. The lowest BCUT2D eigenvalue weighted by molar-refractivity contribution is 0.0730. The van der Waals surface area contributed by atoms with E-state index < -0.39 is 0 Å². The molecule has 4 nitrogen and oxygen atoms in total. The predicted octanol–water partition coefficient (Wildman–Crippen LogP) is 3.95. The van der Waals surface area contributed by atoms with Crippen LogP contribution in [0.5, 0.6) is 0 Å². The fraction of sp³-hybridized carbons (Fsp3) is 0.250. The Hall–Kier alpha value is -1.78. The van der Waals surface area contributed by atoms with Gasteiger partial charge < -0.3 is 10.6 Å². The quantitative estimate of drug-likeness (QED) is 0.903. The fourth-order valence-corrected chi connectivity index (χ4v) is 3.06. The molecule has 0 spiro atoms. The van der Waals surface area contributed by atoms with Crippen molar-refractivity contribution < 1.29 is 4.79 Å². The van der Waals surface area contributed by atoms with E-state index in [0.717, 1.165) is 18.4 Å². The summed E-state index contributed by atoms with van der Waals surface area (Å²) in [6.45, 7) is 0.704. The zero-order valence-electron chi connectivity index (χ0n) is 11.8. The SMILES string of the molecule is Nc1ccc(C(=O)N2CCCC2c2ccc(Cl)c(Cl)c2)nc1. The van der Waals surface area contributed by atoms with Crippen LogP contribution in [-0.4, -0.2) is 22.3 Å². The maximum Gasteiger partial charge on any atom is 0.272 e. The summed E-state index contributed by atoms with van der Waals surface area (Å²) >= 11 is 12.1. The van der Waals surface area contributed by atoms with Crippen molar-refractivity contribution in [3.8, 4) is 0 Å². The molecule has 1 aromatic heterocycles. The summed E-state index contributed by atoms with van der Waals surface area (Å²) in [5.74, 6) is -0.0893. The van der Waals surface area contributed by atoms with Crippen LogP contribution in [-0.2, 0) is 0 Å². The fourth-order valence-electron chi connectivity index (χ4n) is 2.75. The molecule has 0 aliphatic carbocycles. The Balaban J connectivity index is 1.87. The number of hydrogen-bond donors (Lipinski definition) is 1. The number of carbonyl (C=O) groups excluding carboxylic acids is 1. The third kappa shape index (κ3) is 2.89. The minimum absolute atomic E-state index is 0.00150. The largest absolute Gasteiger partial charge is 0.397 e. The van der Waals surface area contributed by atoms with Crippen LogP contribution in [0.2, 0.25) is 10.0 Å². The molecule has 1 aliphatic rings. The Kier molecular flexibility index (Phi) is 4.23. The first-order chi connectivity index (χ1) is 10.6. The molecule has 1 amide bonds. The van der Waals surface area contributed by atoms with Crippen LogP contribution < -0.4 is 5.73 Å². The summed E-state index contributed by atoms with van der Waals surface area (Å²) in [5, 5.41) is 1.02. The first-order valence-corrected chi connectivity index (χ1v) is 7.79. The number of amides is 1. The number of benzene rings is 1. The summed E-state index contributed by atoms with van der Waals surface area (Å²) in [4.78, 5) is 18.6. The number of carbonyl (C=O) groups is 1. The van der Waals surface area contributed by atoms with E-state index in [1.54, 1.807) is 18.2 Å². The van der Waals surface area contributed by atoms with Crippen molar-refractivity contribution >= 4 is 34.8 Å². The Morgan fingerprint density at radius 3 is 2.73 bits per heavy atom. The minimum Gasteiger partial charge on any atom is -0.397 e. The molecule has 1 aliphatic heterocycles. The number of anilines is 1. The van der Waals surface area contributed by atoms with Gasteiger partial charge >= 0.3 is 0 Å². The lowest BCUT2D eigenvalue weighted by Gasteiger charge is -2.25. The molecule has 1 atom stereocenters. The van der Waals surface area contributed by atoms with Crippen LogP contribution in [0.15, 0.2) is 36.5 Å². The highest BCUT2D eigenvalue weighted by Crippen LogP contribution is 2.35. The number of rotatable bonds is 2. The van der Waals surface area contributed by atoms with Gasteiger partial charge in [0.25, 0.3) is 5.91 Å². The van der Waals surface area contributed by atoms with E-state index in [4.69, 9.17) is 28.9 Å². The van der Waals surface area contributed by atoms with Crippen LogP contribution in [0.25, 0.3) is 0 Å². The summed E-state index contributed by atoms with van der Waals surface area (Å²) in [6, 6.07) is 8.85. The molecule has 1 unspecified atom stereocenters. The smallest absolute Gasteiger partial charge is 0.272 e. The molecule has 114 valence electrons. The summed E-state index contributed by atoms with van der Waals surface area (Å²) in [6.07, 6.45) is 3.35. The van der Waals surface area contributed by atoms with Gasteiger partial charge in [-0.2, -0.15) is 0 Å². The second kappa shape index (κ2) is 6.15. The number of pyridine rings is 1. The molecule has 2 heterocycles. The number of likely N-dealkylation sites (tertiary alicyclic amines) is 1. The van der Waals surface area contributed by atoms with E-state index in [-0.39, 0.29) is 11.9 Å². The van der Waals surface area contributed by atoms with Crippen LogP contribution in [0.4, 0.5) is 5.69 Å². The third-order valence-electron chi connectivity index (χ3n) is 3.85. The molecular formula is C16H15Cl2N3O. The van der Waals surface area contributed by atoms with Crippen molar-refractivity contribution in [1.82, 2.24) is 9.88 Å². The summed E-state index contributed by atoms with van der Waals surface area (Å²) in [5.41, 5.74) is 7.56. The number of hydrogen-bond acceptors (Lipinski definition) is 3. The van der Waals surface area contributed by atoms with Gasteiger partial charge in [-0.1, -0.05) is 29.3 Å². The number of halogens is 2. The second-order valence-corrected chi connectivity index (χ2v) is 6.12. The molecular weight excluding hydrogens is 321 g/mol. The van der Waals surface area contributed by atoms with E-state index >= 15 is 0 Å². The van der Waals surface area contributed by atoms with Crippen molar-refractivity contribution in [2.75, 3.05) is 12.3 Å². The normalized spacial score (nSPS) is 17.7. The number of aromatic nitrogens is 1. The standard InChI is InChI=1S/C16H15Cl2N3O/c17-12-5-3-10(8-13(12)18)15-2-1-7-21(15)16(22)14-6-4-11(19)9-20-14/h3-6,8-9,15H,1-2,7,19H2. The molecule has 1 aromatic carbocycles. The van der Waals surface area contributed by atoms with Crippen LogP contribution in [0.3, 0.4) is 0 Å². The number of nitrogens with two attached hydrogens (primary N) is 1. The van der Waals surface area contributed by atoms with Crippen molar-refractivity contribution in [3.63, 3.8) is 0 Å². The molecule has 2 aromatic rings. The molecule has 0 saturated carbocycles. The second-order valence-electron chi connectivity index (χ2n) is 5.31. The highest BCUT2D eigenvalue weighted by Gasteiger charge is 2.31. The van der Waals surface area contributed by atoms with Crippen LogP contribution in [0, 0.1) is 0 Å². The molecule has 0 radical (unpaired) electrons.